The fourth-order valence-corrected chi connectivity index (χ4v) is 4.99. The van der Waals surface area contributed by atoms with Gasteiger partial charge in [-0.2, -0.15) is 0 Å². The molecule has 1 aromatic heterocycles. The standard InChI is InChI=1S/C30H29NO4S/c32-28-17-16-25(30(23-9-3-1-4-10-23)24-11-5-2-6-12-24)22-31(28)18-20-36-27-14-7-13-26(21-27)35-19-8-15-29(33)34/h1-7,9-14,16-17,21-22,30H,8,15,18-20H2,(H,33,34). The van der Waals surface area contributed by atoms with E-state index in [2.05, 4.69) is 24.3 Å². The van der Waals surface area contributed by atoms with Crippen molar-refractivity contribution in [2.45, 2.75) is 30.2 Å². The summed E-state index contributed by atoms with van der Waals surface area (Å²) < 4.78 is 7.46. The van der Waals surface area contributed by atoms with Crippen LogP contribution < -0.4 is 10.3 Å². The molecule has 1 heterocycles. The second kappa shape index (κ2) is 12.8. The lowest BCUT2D eigenvalue weighted by molar-refractivity contribution is -0.137. The van der Waals surface area contributed by atoms with Crippen molar-refractivity contribution in [3.8, 4) is 5.75 Å². The van der Waals surface area contributed by atoms with Crippen molar-refractivity contribution in [2.75, 3.05) is 12.4 Å². The number of carbonyl (C=O) groups is 1. The summed E-state index contributed by atoms with van der Waals surface area (Å²) >= 11 is 1.66. The fourth-order valence-electron chi connectivity index (χ4n) is 4.09. The van der Waals surface area contributed by atoms with Gasteiger partial charge in [0.1, 0.15) is 5.75 Å². The van der Waals surface area contributed by atoms with E-state index in [0.717, 1.165) is 22.0 Å². The van der Waals surface area contributed by atoms with Crippen LogP contribution in [-0.2, 0) is 11.3 Å². The Morgan fingerprint density at radius 2 is 1.56 bits per heavy atom. The first kappa shape index (κ1) is 25.3. The summed E-state index contributed by atoms with van der Waals surface area (Å²) in [5, 5.41) is 8.75. The minimum Gasteiger partial charge on any atom is -0.494 e. The predicted octanol–water partition coefficient (Wildman–Crippen LogP) is 6.06. The zero-order valence-electron chi connectivity index (χ0n) is 20.0. The number of carboxylic acid groups (broad SMARTS) is 1. The Morgan fingerprint density at radius 3 is 2.22 bits per heavy atom. The van der Waals surface area contributed by atoms with Crippen LogP contribution in [0.25, 0.3) is 0 Å². The normalized spacial score (nSPS) is 10.9. The van der Waals surface area contributed by atoms with Crippen molar-refractivity contribution in [3.63, 3.8) is 0 Å². The maximum Gasteiger partial charge on any atom is 0.303 e. The number of benzene rings is 3. The Labute approximate surface area is 215 Å². The number of aromatic nitrogens is 1. The maximum atomic E-state index is 12.7. The van der Waals surface area contributed by atoms with Gasteiger partial charge in [-0.25, -0.2) is 0 Å². The molecular formula is C30H29NO4S. The van der Waals surface area contributed by atoms with Crippen LogP contribution in [0.2, 0.25) is 0 Å². The molecule has 3 aromatic carbocycles. The highest BCUT2D eigenvalue weighted by atomic mass is 32.2. The van der Waals surface area contributed by atoms with Gasteiger partial charge >= 0.3 is 5.97 Å². The number of carboxylic acids is 1. The SMILES string of the molecule is O=C(O)CCCOc1cccc(SCCn2cc(C(c3ccccc3)c3ccccc3)ccc2=O)c1. The van der Waals surface area contributed by atoms with Crippen molar-refractivity contribution in [3.05, 3.63) is 130 Å². The van der Waals surface area contributed by atoms with Crippen molar-refractivity contribution in [1.29, 1.82) is 0 Å². The summed E-state index contributed by atoms with van der Waals surface area (Å²) in [7, 11) is 0. The third kappa shape index (κ3) is 7.12. The Morgan fingerprint density at radius 1 is 0.861 bits per heavy atom. The number of hydrogen-bond donors (Lipinski definition) is 1. The van der Waals surface area contributed by atoms with Gasteiger partial charge in [-0.15, -0.1) is 11.8 Å². The monoisotopic (exact) mass is 499 g/mol. The van der Waals surface area contributed by atoms with Gasteiger partial charge in [0.05, 0.1) is 6.61 Å². The molecule has 184 valence electrons. The molecule has 5 nitrogen and oxygen atoms in total. The second-order valence-corrected chi connectivity index (χ2v) is 9.59. The molecule has 4 aromatic rings. The first-order valence-electron chi connectivity index (χ1n) is 12.0. The minimum atomic E-state index is -0.818. The molecule has 0 aliphatic rings. The molecule has 0 spiro atoms. The van der Waals surface area contributed by atoms with E-state index >= 15 is 0 Å². The van der Waals surface area contributed by atoms with E-state index in [1.807, 2.05) is 72.9 Å². The molecule has 0 saturated carbocycles. The van der Waals surface area contributed by atoms with Crippen LogP contribution in [0.5, 0.6) is 5.75 Å². The molecule has 0 amide bonds. The first-order valence-corrected chi connectivity index (χ1v) is 13.0. The third-order valence-electron chi connectivity index (χ3n) is 5.82. The number of aryl methyl sites for hydroxylation is 1. The molecule has 4 rings (SSSR count). The maximum absolute atomic E-state index is 12.7. The zero-order chi connectivity index (χ0) is 25.2. The molecule has 0 aliphatic carbocycles. The van der Waals surface area contributed by atoms with Crippen LogP contribution in [0.3, 0.4) is 0 Å². The van der Waals surface area contributed by atoms with Crippen molar-refractivity contribution >= 4 is 17.7 Å². The van der Waals surface area contributed by atoms with Crippen LogP contribution in [0.1, 0.15) is 35.4 Å². The Balaban J connectivity index is 1.44. The van der Waals surface area contributed by atoms with Crippen LogP contribution in [0.15, 0.2) is 113 Å². The lowest BCUT2D eigenvalue weighted by atomic mass is 9.86. The van der Waals surface area contributed by atoms with Crippen LogP contribution in [0, 0.1) is 0 Å². The molecule has 6 heteroatoms. The molecule has 0 saturated heterocycles. The number of pyridine rings is 1. The van der Waals surface area contributed by atoms with Gasteiger partial charge in [-0.05, 0) is 41.3 Å². The number of hydrogen-bond acceptors (Lipinski definition) is 4. The van der Waals surface area contributed by atoms with Gasteiger partial charge in [0, 0.05) is 41.8 Å². The molecule has 0 radical (unpaired) electrons. The second-order valence-electron chi connectivity index (χ2n) is 8.42. The molecular weight excluding hydrogens is 470 g/mol. The summed E-state index contributed by atoms with van der Waals surface area (Å²) in [6.45, 7) is 0.948. The number of ether oxygens (including phenoxy) is 1. The summed E-state index contributed by atoms with van der Waals surface area (Å²) in [6.07, 6.45) is 2.55. The Kier molecular flexibility index (Phi) is 9.00. The summed E-state index contributed by atoms with van der Waals surface area (Å²) in [4.78, 5) is 24.3. The summed E-state index contributed by atoms with van der Waals surface area (Å²) in [6, 6.07) is 32.0. The average molecular weight is 500 g/mol. The lowest BCUT2D eigenvalue weighted by Gasteiger charge is -2.20. The van der Waals surface area contributed by atoms with Crippen LogP contribution in [0.4, 0.5) is 0 Å². The molecule has 0 fully saturated rings. The average Bonchev–Trinajstić information content (AvgIpc) is 2.90. The highest BCUT2D eigenvalue weighted by Crippen LogP contribution is 2.31. The van der Waals surface area contributed by atoms with Gasteiger partial charge in [0.2, 0.25) is 0 Å². The number of thioether (sulfide) groups is 1. The lowest BCUT2D eigenvalue weighted by Crippen LogP contribution is -2.21. The minimum absolute atomic E-state index is 0.0188. The van der Waals surface area contributed by atoms with E-state index in [-0.39, 0.29) is 17.9 Å². The highest BCUT2D eigenvalue weighted by molar-refractivity contribution is 7.99. The van der Waals surface area contributed by atoms with Crippen molar-refractivity contribution < 1.29 is 14.6 Å². The van der Waals surface area contributed by atoms with E-state index in [1.54, 1.807) is 22.4 Å². The van der Waals surface area contributed by atoms with Gasteiger partial charge in [-0.1, -0.05) is 72.8 Å². The highest BCUT2D eigenvalue weighted by Gasteiger charge is 2.17. The van der Waals surface area contributed by atoms with E-state index < -0.39 is 5.97 Å². The van der Waals surface area contributed by atoms with Crippen molar-refractivity contribution in [1.82, 2.24) is 4.57 Å². The number of rotatable bonds is 12. The Bertz CT molecular complexity index is 1280. The van der Waals surface area contributed by atoms with Gasteiger partial charge in [0.15, 0.2) is 0 Å². The van der Waals surface area contributed by atoms with Gasteiger partial charge in [-0.3, -0.25) is 9.59 Å². The topological polar surface area (TPSA) is 68.5 Å². The molecule has 1 N–H and O–H groups in total. The quantitative estimate of drug-likeness (QED) is 0.189. The molecule has 0 aliphatic heterocycles. The van der Waals surface area contributed by atoms with E-state index in [9.17, 15) is 9.59 Å². The van der Waals surface area contributed by atoms with E-state index in [4.69, 9.17) is 9.84 Å². The van der Waals surface area contributed by atoms with Gasteiger partial charge in [0.25, 0.3) is 5.56 Å². The third-order valence-corrected chi connectivity index (χ3v) is 6.79. The van der Waals surface area contributed by atoms with E-state index in [1.165, 1.54) is 11.1 Å². The first-order chi connectivity index (χ1) is 17.6. The molecule has 36 heavy (non-hydrogen) atoms. The molecule has 0 atom stereocenters. The predicted molar refractivity (Wildman–Crippen MR) is 144 cm³/mol. The van der Waals surface area contributed by atoms with Crippen LogP contribution >= 0.6 is 11.8 Å². The summed E-state index contributed by atoms with van der Waals surface area (Å²) in [5.74, 6) is 0.675. The summed E-state index contributed by atoms with van der Waals surface area (Å²) in [5.41, 5.74) is 3.43. The van der Waals surface area contributed by atoms with Crippen LogP contribution in [-0.4, -0.2) is 28.0 Å². The zero-order valence-corrected chi connectivity index (χ0v) is 20.8. The number of aliphatic carboxylic acids is 1. The fraction of sp³-hybridized carbons (Fsp3) is 0.200. The molecule has 0 unspecified atom stereocenters. The van der Waals surface area contributed by atoms with E-state index in [0.29, 0.717) is 19.6 Å². The smallest absolute Gasteiger partial charge is 0.303 e. The van der Waals surface area contributed by atoms with Gasteiger partial charge < -0.3 is 14.4 Å². The number of nitrogens with zero attached hydrogens (tertiary/aromatic N) is 1. The Hall–Kier alpha value is -3.77. The largest absolute Gasteiger partial charge is 0.494 e. The molecule has 0 bridgehead atoms. The van der Waals surface area contributed by atoms with Crippen molar-refractivity contribution in [2.24, 2.45) is 0 Å².